The topological polar surface area (TPSA) is 9.23 Å². The van der Waals surface area contributed by atoms with Gasteiger partial charge in [-0.3, -0.25) is 0 Å². The molecule has 0 heterocycles. The Morgan fingerprint density at radius 3 is 2.50 bits per heavy atom. The Balaban J connectivity index is 2.35. The highest BCUT2D eigenvalue weighted by molar-refractivity contribution is 5.90. The van der Waals surface area contributed by atoms with Crippen LogP contribution in [0, 0.1) is 6.92 Å². The average molecular weight is 214 g/mol. The van der Waals surface area contributed by atoms with Gasteiger partial charge in [-0.1, -0.05) is 43.7 Å². The van der Waals surface area contributed by atoms with Crippen LogP contribution < -0.4 is 4.74 Å². The molecular formula is C15H18O. The Morgan fingerprint density at radius 1 is 1.00 bits per heavy atom. The van der Waals surface area contributed by atoms with Gasteiger partial charge >= 0.3 is 0 Å². The Bertz CT molecular complexity index is 474. The van der Waals surface area contributed by atoms with E-state index < -0.39 is 0 Å². The first-order chi connectivity index (χ1) is 7.83. The van der Waals surface area contributed by atoms with Crippen LogP contribution in [0.2, 0.25) is 0 Å². The Kier molecular flexibility index (Phi) is 3.45. The predicted molar refractivity (Wildman–Crippen MR) is 69.1 cm³/mol. The lowest BCUT2D eigenvalue weighted by molar-refractivity contribution is 0.313. The van der Waals surface area contributed by atoms with Crippen LogP contribution in [0.3, 0.4) is 0 Å². The molecule has 0 aliphatic carbocycles. The summed E-state index contributed by atoms with van der Waals surface area (Å²) in [6, 6.07) is 12.6. The van der Waals surface area contributed by atoms with Crippen LogP contribution in [-0.4, -0.2) is 6.61 Å². The molecule has 1 heteroatoms. The summed E-state index contributed by atoms with van der Waals surface area (Å²) in [7, 11) is 0. The highest BCUT2D eigenvalue weighted by Crippen LogP contribution is 2.28. The molecule has 2 aromatic rings. The van der Waals surface area contributed by atoms with Gasteiger partial charge in [0, 0.05) is 5.39 Å². The van der Waals surface area contributed by atoms with Crippen LogP contribution in [0.5, 0.6) is 5.75 Å². The molecule has 0 atom stereocenters. The number of aryl methyl sites for hydroxylation is 1. The van der Waals surface area contributed by atoms with Crippen molar-refractivity contribution in [3.63, 3.8) is 0 Å². The van der Waals surface area contributed by atoms with Gasteiger partial charge in [0.25, 0.3) is 0 Å². The van der Waals surface area contributed by atoms with E-state index in [9.17, 15) is 0 Å². The molecule has 2 rings (SSSR count). The molecule has 0 N–H and O–H groups in total. The van der Waals surface area contributed by atoms with Gasteiger partial charge in [-0.25, -0.2) is 0 Å². The number of hydrogen-bond acceptors (Lipinski definition) is 1. The molecule has 0 saturated heterocycles. The standard InChI is InChI=1S/C15H18O/c1-3-4-11-16-15-10-9-12(2)13-7-5-6-8-14(13)15/h5-10H,3-4,11H2,1-2H3. The van der Waals surface area contributed by atoms with Crippen LogP contribution in [-0.2, 0) is 0 Å². The SMILES string of the molecule is CCCCOc1ccc(C)c2ccccc12. The first-order valence-corrected chi connectivity index (χ1v) is 5.94. The number of unbranched alkanes of at least 4 members (excludes halogenated alkanes) is 1. The van der Waals surface area contributed by atoms with Gasteiger partial charge in [-0.2, -0.15) is 0 Å². The zero-order valence-electron chi connectivity index (χ0n) is 9.99. The second-order valence-corrected chi connectivity index (χ2v) is 4.13. The van der Waals surface area contributed by atoms with Crippen molar-refractivity contribution >= 4 is 10.8 Å². The van der Waals surface area contributed by atoms with Crippen molar-refractivity contribution < 1.29 is 4.74 Å². The summed E-state index contributed by atoms with van der Waals surface area (Å²) >= 11 is 0. The smallest absolute Gasteiger partial charge is 0.127 e. The maximum atomic E-state index is 5.81. The molecule has 0 spiro atoms. The van der Waals surface area contributed by atoms with Crippen molar-refractivity contribution in [1.29, 1.82) is 0 Å². The van der Waals surface area contributed by atoms with Gasteiger partial charge in [0.15, 0.2) is 0 Å². The molecule has 0 aliphatic heterocycles. The summed E-state index contributed by atoms with van der Waals surface area (Å²) in [6.45, 7) is 5.12. The minimum absolute atomic E-state index is 0.809. The Hall–Kier alpha value is -1.50. The monoisotopic (exact) mass is 214 g/mol. The molecule has 0 bridgehead atoms. The van der Waals surface area contributed by atoms with Gasteiger partial charge in [-0.05, 0) is 30.4 Å². The number of ether oxygens (including phenoxy) is 1. The van der Waals surface area contributed by atoms with Gasteiger partial charge in [0.2, 0.25) is 0 Å². The Labute approximate surface area is 97.1 Å². The van der Waals surface area contributed by atoms with E-state index in [1.807, 2.05) is 0 Å². The van der Waals surface area contributed by atoms with Crippen molar-refractivity contribution in [1.82, 2.24) is 0 Å². The molecule has 0 aliphatic rings. The number of hydrogen-bond donors (Lipinski definition) is 0. The second-order valence-electron chi connectivity index (χ2n) is 4.13. The molecule has 0 aromatic heterocycles. The summed E-state index contributed by atoms with van der Waals surface area (Å²) in [5.74, 6) is 1.01. The molecule has 0 amide bonds. The van der Waals surface area contributed by atoms with E-state index in [4.69, 9.17) is 4.74 Å². The van der Waals surface area contributed by atoms with Gasteiger partial charge in [0.05, 0.1) is 6.61 Å². The normalized spacial score (nSPS) is 10.6. The fourth-order valence-electron chi connectivity index (χ4n) is 1.87. The zero-order chi connectivity index (χ0) is 11.4. The second kappa shape index (κ2) is 5.02. The van der Waals surface area contributed by atoms with E-state index in [1.54, 1.807) is 0 Å². The minimum atomic E-state index is 0.809. The third kappa shape index (κ3) is 2.19. The summed E-state index contributed by atoms with van der Waals surface area (Å²) in [5, 5.41) is 2.51. The van der Waals surface area contributed by atoms with Crippen molar-refractivity contribution in [2.24, 2.45) is 0 Å². The maximum Gasteiger partial charge on any atom is 0.127 e. The van der Waals surface area contributed by atoms with Gasteiger partial charge < -0.3 is 4.74 Å². The summed E-state index contributed by atoms with van der Waals surface area (Å²) < 4.78 is 5.81. The van der Waals surface area contributed by atoms with Gasteiger partial charge in [-0.15, -0.1) is 0 Å². The third-order valence-corrected chi connectivity index (χ3v) is 2.86. The highest BCUT2D eigenvalue weighted by Gasteiger charge is 2.03. The van der Waals surface area contributed by atoms with E-state index in [0.29, 0.717) is 0 Å². The molecule has 2 aromatic carbocycles. The van der Waals surface area contributed by atoms with Crippen molar-refractivity contribution in [2.45, 2.75) is 26.7 Å². The lowest BCUT2D eigenvalue weighted by Gasteiger charge is -2.10. The molecule has 0 saturated carbocycles. The number of fused-ring (bicyclic) bond motifs is 1. The fraction of sp³-hybridized carbons (Fsp3) is 0.333. The third-order valence-electron chi connectivity index (χ3n) is 2.86. The Morgan fingerprint density at radius 2 is 1.75 bits per heavy atom. The van der Waals surface area contributed by atoms with Crippen molar-refractivity contribution in [3.8, 4) is 5.75 Å². The molecule has 0 fully saturated rings. The quantitative estimate of drug-likeness (QED) is 0.688. The molecule has 1 nitrogen and oxygen atoms in total. The van der Waals surface area contributed by atoms with Crippen LogP contribution >= 0.6 is 0 Å². The van der Waals surface area contributed by atoms with Crippen molar-refractivity contribution in [3.05, 3.63) is 42.0 Å². The largest absolute Gasteiger partial charge is 0.493 e. The van der Waals surface area contributed by atoms with E-state index in [0.717, 1.165) is 18.8 Å². The average Bonchev–Trinajstić information content (AvgIpc) is 2.33. The summed E-state index contributed by atoms with van der Waals surface area (Å²) in [5.41, 5.74) is 1.30. The first-order valence-electron chi connectivity index (χ1n) is 5.94. The summed E-state index contributed by atoms with van der Waals surface area (Å²) in [6.07, 6.45) is 2.28. The van der Waals surface area contributed by atoms with E-state index in [-0.39, 0.29) is 0 Å². The molecule has 0 unspecified atom stereocenters. The summed E-state index contributed by atoms with van der Waals surface area (Å²) in [4.78, 5) is 0. The van der Waals surface area contributed by atoms with Crippen LogP contribution in [0.25, 0.3) is 10.8 Å². The lowest BCUT2D eigenvalue weighted by atomic mass is 10.0. The van der Waals surface area contributed by atoms with Crippen LogP contribution in [0.1, 0.15) is 25.3 Å². The fourth-order valence-corrected chi connectivity index (χ4v) is 1.87. The first kappa shape index (κ1) is 11.0. The predicted octanol–water partition coefficient (Wildman–Crippen LogP) is 4.33. The number of benzene rings is 2. The highest BCUT2D eigenvalue weighted by atomic mass is 16.5. The molecule has 16 heavy (non-hydrogen) atoms. The minimum Gasteiger partial charge on any atom is -0.493 e. The van der Waals surface area contributed by atoms with E-state index in [1.165, 1.54) is 22.8 Å². The van der Waals surface area contributed by atoms with Gasteiger partial charge in [0.1, 0.15) is 5.75 Å². The van der Waals surface area contributed by atoms with Crippen LogP contribution in [0.15, 0.2) is 36.4 Å². The van der Waals surface area contributed by atoms with E-state index in [2.05, 4.69) is 50.2 Å². The maximum absolute atomic E-state index is 5.81. The molecule has 84 valence electrons. The van der Waals surface area contributed by atoms with Crippen molar-refractivity contribution in [2.75, 3.05) is 6.61 Å². The zero-order valence-corrected chi connectivity index (χ0v) is 9.99. The van der Waals surface area contributed by atoms with Crippen LogP contribution in [0.4, 0.5) is 0 Å². The molecular weight excluding hydrogens is 196 g/mol. The lowest BCUT2D eigenvalue weighted by Crippen LogP contribution is -1.97. The van der Waals surface area contributed by atoms with E-state index >= 15 is 0 Å². The number of rotatable bonds is 4. The molecule has 0 radical (unpaired) electrons.